The second-order valence-electron chi connectivity index (χ2n) is 7.66. The fraction of sp³-hybridized carbons (Fsp3) is 0.348. The minimum Gasteiger partial charge on any atom is -0.342 e. The van der Waals surface area contributed by atoms with Crippen molar-refractivity contribution < 1.29 is 9.18 Å². The molecule has 0 radical (unpaired) electrons. The third-order valence-corrected chi connectivity index (χ3v) is 6.47. The Morgan fingerprint density at radius 2 is 1.87 bits per heavy atom. The molecule has 1 aromatic heterocycles. The number of piperidine rings is 1. The van der Waals surface area contributed by atoms with Crippen molar-refractivity contribution in [2.45, 2.75) is 36.6 Å². The maximum Gasteiger partial charge on any atom is 0.235 e. The van der Waals surface area contributed by atoms with Crippen molar-refractivity contribution >= 4 is 17.7 Å². The van der Waals surface area contributed by atoms with Crippen LogP contribution in [0.4, 0.5) is 4.39 Å². The summed E-state index contributed by atoms with van der Waals surface area (Å²) in [5.41, 5.74) is 1.73. The largest absolute Gasteiger partial charge is 0.342 e. The molecule has 2 aromatic carbocycles. The Hall–Kier alpha value is -2.67. The summed E-state index contributed by atoms with van der Waals surface area (Å²) in [7, 11) is 0. The van der Waals surface area contributed by atoms with Crippen molar-refractivity contribution in [3.05, 3.63) is 66.0 Å². The van der Waals surface area contributed by atoms with Crippen LogP contribution < -0.4 is 0 Å². The van der Waals surface area contributed by atoms with Gasteiger partial charge in [-0.3, -0.25) is 9.89 Å². The normalized spacial score (nSPS) is 15.9. The van der Waals surface area contributed by atoms with Gasteiger partial charge in [0, 0.05) is 13.1 Å². The number of nitrogens with zero attached hydrogens (tertiary/aromatic N) is 3. The molecule has 7 heteroatoms. The van der Waals surface area contributed by atoms with Crippen molar-refractivity contribution in [3.63, 3.8) is 0 Å². The van der Waals surface area contributed by atoms with E-state index in [-0.39, 0.29) is 17.0 Å². The van der Waals surface area contributed by atoms with E-state index in [1.54, 1.807) is 18.2 Å². The molecule has 156 valence electrons. The summed E-state index contributed by atoms with van der Waals surface area (Å²) in [4.78, 5) is 19.2. The fourth-order valence-corrected chi connectivity index (χ4v) is 4.65. The second-order valence-corrected chi connectivity index (χ2v) is 8.97. The summed E-state index contributed by atoms with van der Waals surface area (Å²) in [5, 5.41) is 7.08. The predicted molar refractivity (Wildman–Crippen MR) is 117 cm³/mol. The van der Waals surface area contributed by atoms with Crippen LogP contribution in [0.25, 0.3) is 11.4 Å². The van der Waals surface area contributed by atoms with Gasteiger partial charge in [-0.1, -0.05) is 54.2 Å². The summed E-state index contributed by atoms with van der Waals surface area (Å²) in [6.07, 6.45) is 3.12. The van der Waals surface area contributed by atoms with Gasteiger partial charge in [-0.15, -0.1) is 5.10 Å². The highest BCUT2D eigenvalue weighted by molar-refractivity contribution is 8.00. The summed E-state index contributed by atoms with van der Waals surface area (Å²) < 4.78 is 13.9. The van der Waals surface area contributed by atoms with Gasteiger partial charge in [0.2, 0.25) is 11.1 Å². The number of hydrogen-bond acceptors (Lipinski definition) is 4. The molecular weight excluding hydrogens is 399 g/mol. The first-order chi connectivity index (χ1) is 14.6. The molecule has 30 heavy (non-hydrogen) atoms. The number of carbonyl (C=O) groups is 1. The Morgan fingerprint density at radius 3 is 2.60 bits per heavy atom. The van der Waals surface area contributed by atoms with Crippen molar-refractivity contribution in [3.8, 4) is 11.4 Å². The Balaban J connectivity index is 1.30. The van der Waals surface area contributed by atoms with Gasteiger partial charge in [0.25, 0.3) is 0 Å². The van der Waals surface area contributed by atoms with Crippen LogP contribution in [0, 0.1) is 11.7 Å². The molecule has 0 spiro atoms. The maximum atomic E-state index is 13.9. The van der Waals surface area contributed by atoms with E-state index >= 15 is 0 Å². The van der Waals surface area contributed by atoms with Crippen LogP contribution in [0.15, 0.2) is 59.8 Å². The van der Waals surface area contributed by atoms with Crippen LogP contribution in [-0.2, 0) is 11.2 Å². The minimum absolute atomic E-state index is 0.107. The summed E-state index contributed by atoms with van der Waals surface area (Å²) in [6.45, 7) is 3.45. The molecule has 0 aliphatic carbocycles. The standard InChI is InChI=1S/C23H25FN4OS/c1-16(30-23-25-21(26-27-23)19-9-5-6-10-20(19)24)22(29)28-13-11-18(12-14-28)15-17-7-3-2-4-8-17/h2-10,16,18H,11-15H2,1H3,(H,25,26,27). The number of thioether (sulfide) groups is 1. The van der Waals surface area contributed by atoms with Gasteiger partial charge in [0.1, 0.15) is 5.82 Å². The molecule has 3 aromatic rings. The van der Waals surface area contributed by atoms with E-state index in [1.807, 2.05) is 17.9 Å². The first-order valence-corrected chi connectivity index (χ1v) is 11.1. The highest BCUT2D eigenvalue weighted by Gasteiger charge is 2.27. The first-order valence-electron chi connectivity index (χ1n) is 10.3. The number of benzene rings is 2. The lowest BCUT2D eigenvalue weighted by atomic mass is 9.90. The number of rotatable bonds is 6. The fourth-order valence-electron chi connectivity index (χ4n) is 3.84. The van der Waals surface area contributed by atoms with E-state index in [0.717, 1.165) is 32.4 Å². The van der Waals surface area contributed by atoms with Gasteiger partial charge in [0.15, 0.2) is 5.82 Å². The van der Waals surface area contributed by atoms with Crippen LogP contribution in [0.1, 0.15) is 25.3 Å². The molecule has 0 bridgehead atoms. The Morgan fingerprint density at radius 1 is 1.17 bits per heavy atom. The average Bonchev–Trinajstić information content (AvgIpc) is 3.23. The highest BCUT2D eigenvalue weighted by Crippen LogP contribution is 2.27. The first kappa shape index (κ1) is 20.6. The lowest BCUT2D eigenvalue weighted by Crippen LogP contribution is -2.42. The molecule has 1 aliphatic rings. The smallest absolute Gasteiger partial charge is 0.235 e. The molecular formula is C23H25FN4OS. The van der Waals surface area contributed by atoms with Gasteiger partial charge >= 0.3 is 0 Å². The zero-order chi connectivity index (χ0) is 20.9. The summed E-state index contributed by atoms with van der Waals surface area (Å²) in [5.74, 6) is 0.746. The van der Waals surface area contributed by atoms with E-state index < -0.39 is 0 Å². The number of carbonyl (C=O) groups excluding carboxylic acids is 1. The zero-order valence-corrected chi connectivity index (χ0v) is 17.7. The van der Waals surface area contributed by atoms with Crippen LogP contribution >= 0.6 is 11.8 Å². The third-order valence-electron chi connectivity index (χ3n) is 5.52. The Kier molecular flexibility index (Phi) is 6.47. The minimum atomic E-state index is -0.354. The topological polar surface area (TPSA) is 61.9 Å². The molecule has 2 heterocycles. The lowest BCUT2D eigenvalue weighted by molar-refractivity contribution is -0.131. The lowest BCUT2D eigenvalue weighted by Gasteiger charge is -2.33. The number of halogens is 1. The van der Waals surface area contributed by atoms with Gasteiger partial charge in [-0.05, 0) is 49.8 Å². The molecule has 1 atom stereocenters. The third kappa shape index (κ3) is 4.90. The van der Waals surface area contributed by atoms with Crippen LogP contribution in [0.5, 0.6) is 0 Å². The predicted octanol–water partition coefficient (Wildman–Crippen LogP) is 4.57. The number of nitrogens with one attached hydrogen (secondary N) is 1. The maximum absolute atomic E-state index is 13.9. The van der Waals surface area contributed by atoms with Crippen LogP contribution in [0.3, 0.4) is 0 Å². The van der Waals surface area contributed by atoms with E-state index in [2.05, 4.69) is 39.4 Å². The molecule has 1 fully saturated rings. The number of aromatic nitrogens is 3. The quantitative estimate of drug-likeness (QED) is 0.589. The number of H-pyrrole nitrogens is 1. The van der Waals surface area contributed by atoms with E-state index in [9.17, 15) is 9.18 Å². The molecule has 4 rings (SSSR count). The van der Waals surface area contributed by atoms with Crippen LogP contribution in [-0.4, -0.2) is 44.3 Å². The van der Waals surface area contributed by atoms with Crippen molar-refractivity contribution in [1.82, 2.24) is 20.1 Å². The number of aromatic amines is 1. The zero-order valence-electron chi connectivity index (χ0n) is 16.9. The molecule has 1 saturated heterocycles. The van der Waals surface area contributed by atoms with Gasteiger partial charge in [-0.2, -0.15) is 0 Å². The van der Waals surface area contributed by atoms with E-state index in [0.29, 0.717) is 22.5 Å². The van der Waals surface area contributed by atoms with Gasteiger partial charge in [-0.25, -0.2) is 9.37 Å². The van der Waals surface area contributed by atoms with Crippen molar-refractivity contribution in [2.75, 3.05) is 13.1 Å². The monoisotopic (exact) mass is 424 g/mol. The molecule has 1 aliphatic heterocycles. The highest BCUT2D eigenvalue weighted by atomic mass is 32.2. The van der Waals surface area contributed by atoms with E-state index in [1.165, 1.54) is 23.4 Å². The van der Waals surface area contributed by atoms with Crippen molar-refractivity contribution in [2.24, 2.45) is 5.92 Å². The van der Waals surface area contributed by atoms with Crippen molar-refractivity contribution in [1.29, 1.82) is 0 Å². The Bertz CT molecular complexity index is 986. The van der Waals surface area contributed by atoms with Gasteiger partial charge in [0.05, 0.1) is 10.8 Å². The SMILES string of the molecule is CC(Sc1n[nH]c(-c2ccccc2F)n1)C(=O)N1CCC(Cc2ccccc2)CC1. The molecule has 1 N–H and O–H groups in total. The molecule has 1 unspecified atom stereocenters. The van der Waals surface area contributed by atoms with Crippen LogP contribution in [0.2, 0.25) is 0 Å². The number of amides is 1. The summed E-state index contributed by atoms with van der Waals surface area (Å²) in [6, 6.07) is 17.0. The molecule has 1 amide bonds. The number of hydrogen-bond donors (Lipinski definition) is 1. The van der Waals surface area contributed by atoms with E-state index in [4.69, 9.17) is 0 Å². The molecule has 0 saturated carbocycles. The second kappa shape index (κ2) is 9.43. The summed E-state index contributed by atoms with van der Waals surface area (Å²) >= 11 is 1.30. The van der Waals surface area contributed by atoms with Gasteiger partial charge < -0.3 is 4.90 Å². The number of likely N-dealkylation sites (tertiary alicyclic amines) is 1. The molecule has 5 nitrogen and oxygen atoms in total. The average molecular weight is 425 g/mol. The Labute approximate surface area is 180 Å².